The topological polar surface area (TPSA) is 196 Å². The summed E-state index contributed by atoms with van der Waals surface area (Å²) in [4.78, 5) is 60.7. The van der Waals surface area contributed by atoms with Gasteiger partial charge >= 0.3 is 12.1 Å². The maximum atomic E-state index is 13.4. The summed E-state index contributed by atoms with van der Waals surface area (Å²) in [5.74, 6) is -2.00. The summed E-state index contributed by atoms with van der Waals surface area (Å²) in [6.07, 6.45) is 4.33. The summed E-state index contributed by atoms with van der Waals surface area (Å²) >= 11 is 2.36. The molecule has 0 bridgehead atoms. The van der Waals surface area contributed by atoms with Crippen LogP contribution in [-0.2, 0) is 28.6 Å². The number of pyridine rings is 1. The van der Waals surface area contributed by atoms with Gasteiger partial charge in [0.25, 0.3) is 11.8 Å². The van der Waals surface area contributed by atoms with Crippen LogP contribution in [0.3, 0.4) is 0 Å². The van der Waals surface area contributed by atoms with Crippen LogP contribution < -0.4 is 11.1 Å². The van der Waals surface area contributed by atoms with Crippen molar-refractivity contribution < 1.29 is 38.6 Å². The van der Waals surface area contributed by atoms with Crippen molar-refractivity contribution in [1.29, 1.82) is 0 Å². The van der Waals surface area contributed by atoms with Gasteiger partial charge in [0, 0.05) is 30.5 Å². The number of β-lactam (4-membered cyclic amide) rings is 1. The fourth-order valence-electron chi connectivity index (χ4n) is 3.89. The number of thiazole rings is 1. The van der Waals surface area contributed by atoms with Crippen LogP contribution in [0.15, 0.2) is 52.4 Å². The van der Waals surface area contributed by atoms with Gasteiger partial charge in [0.1, 0.15) is 22.8 Å². The minimum atomic E-state index is -1.32. The number of allylic oxidation sites excluding steroid dienone is 1. The molecule has 4 N–H and O–H groups in total. The number of anilines is 1. The molecular formula is C26H28N6O8S2. The zero-order chi connectivity index (χ0) is 30.4. The first-order valence-electron chi connectivity index (χ1n) is 12.6. The third kappa shape index (κ3) is 7.06. The third-order valence-corrected chi connectivity index (χ3v) is 7.76. The number of carbonyl (C=O) groups is 4. The van der Waals surface area contributed by atoms with Crippen LogP contribution in [0.2, 0.25) is 0 Å². The number of hydrogen-bond donors (Lipinski definition) is 3. The summed E-state index contributed by atoms with van der Waals surface area (Å²) < 4.78 is 15.3. The van der Waals surface area contributed by atoms with Crippen molar-refractivity contribution in [3.8, 4) is 0 Å². The largest absolute Gasteiger partial charge is 0.511 e. The highest BCUT2D eigenvalue weighted by Crippen LogP contribution is 2.41. The molecule has 42 heavy (non-hydrogen) atoms. The van der Waals surface area contributed by atoms with Crippen molar-refractivity contribution in [3.05, 3.63) is 58.5 Å². The predicted octanol–water partition coefficient (Wildman–Crippen LogP) is 2.36. The fraction of sp³-hybridized carbons (Fsp3) is 0.346. The van der Waals surface area contributed by atoms with Gasteiger partial charge in [-0.05, 0) is 23.1 Å². The van der Waals surface area contributed by atoms with E-state index in [0.29, 0.717) is 5.57 Å². The predicted molar refractivity (Wildman–Crippen MR) is 153 cm³/mol. The number of fused-ring (bicyclic) bond motifs is 1. The molecule has 0 radical (unpaired) electrons. The van der Waals surface area contributed by atoms with E-state index in [2.05, 4.69) is 20.4 Å². The lowest BCUT2D eigenvalue weighted by Crippen LogP contribution is -2.71. The third-order valence-electron chi connectivity index (χ3n) is 5.79. The first-order chi connectivity index (χ1) is 20.1. The molecule has 2 aliphatic heterocycles. The number of nitrogens with zero attached hydrogens (tertiary/aromatic N) is 4. The number of rotatable bonds is 10. The number of thioether (sulfide) groups is 1. The number of aromatic nitrogens is 2. The highest BCUT2D eigenvalue weighted by atomic mass is 32.2. The van der Waals surface area contributed by atoms with E-state index in [0.717, 1.165) is 16.9 Å². The quantitative estimate of drug-likeness (QED) is 0.0882. The second-order valence-electron chi connectivity index (χ2n) is 9.42. The van der Waals surface area contributed by atoms with Crippen molar-refractivity contribution in [2.75, 3.05) is 18.1 Å². The Kier molecular flexibility index (Phi) is 9.80. The van der Waals surface area contributed by atoms with Gasteiger partial charge < -0.3 is 30.5 Å². The van der Waals surface area contributed by atoms with Crippen LogP contribution >= 0.6 is 23.1 Å². The highest BCUT2D eigenvalue weighted by Gasteiger charge is 2.54. The lowest BCUT2D eigenvalue weighted by molar-refractivity contribution is -0.169. The molecule has 14 nitrogen and oxygen atoms in total. The van der Waals surface area contributed by atoms with Crippen LogP contribution in [0.4, 0.5) is 9.93 Å². The van der Waals surface area contributed by atoms with E-state index >= 15 is 0 Å². The van der Waals surface area contributed by atoms with E-state index < -0.39 is 47.4 Å². The van der Waals surface area contributed by atoms with Gasteiger partial charge in [-0.25, -0.2) is 14.6 Å². The number of nitrogen functional groups attached to an aromatic ring is 1. The van der Waals surface area contributed by atoms with Crippen molar-refractivity contribution in [3.63, 3.8) is 0 Å². The molecule has 2 aromatic rings. The zero-order valence-corrected chi connectivity index (χ0v) is 24.4. The van der Waals surface area contributed by atoms with Crippen molar-refractivity contribution in [1.82, 2.24) is 20.2 Å². The minimum Gasteiger partial charge on any atom is -0.434 e. The van der Waals surface area contributed by atoms with E-state index in [9.17, 15) is 24.4 Å². The molecule has 222 valence electrons. The first kappa shape index (κ1) is 30.5. The summed E-state index contributed by atoms with van der Waals surface area (Å²) in [6, 6.07) is 2.53. The molecule has 1 fully saturated rings. The molecule has 4 heterocycles. The first-order valence-corrected chi connectivity index (χ1v) is 14.6. The molecular weight excluding hydrogens is 588 g/mol. The van der Waals surface area contributed by atoms with E-state index in [4.69, 9.17) is 19.9 Å². The van der Waals surface area contributed by atoms with Gasteiger partial charge in [0.05, 0.1) is 6.61 Å². The average molecular weight is 617 g/mol. The number of ether oxygens (including phenoxy) is 3. The Morgan fingerprint density at radius 3 is 2.71 bits per heavy atom. The summed E-state index contributed by atoms with van der Waals surface area (Å²) in [7, 11) is 0. The summed E-state index contributed by atoms with van der Waals surface area (Å²) in [5.41, 5.74) is 6.40. The maximum absolute atomic E-state index is 13.4. The number of nitrogens with one attached hydrogen (secondary N) is 1. The van der Waals surface area contributed by atoms with E-state index in [1.165, 1.54) is 29.0 Å². The molecule has 16 heteroatoms. The van der Waals surface area contributed by atoms with Gasteiger partial charge in [-0.1, -0.05) is 37.2 Å². The molecule has 0 saturated carbocycles. The maximum Gasteiger partial charge on any atom is 0.511 e. The number of amides is 2. The van der Waals surface area contributed by atoms with Crippen LogP contribution in [0.1, 0.15) is 32.0 Å². The minimum absolute atomic E-state index is 0.0466. The van der Waals surface area contributed by atoms with Crippen molar-refractivity contribution in [2.24, 2.45) is 11.1 Å². The van der Waals surface area contributed by atoms with Gasteiger partial charge in [0.2, 0.25) is 6.29 Å². The number of carbonyl (C=O) groups excluding carboxylic acids is 4. The lowest BCUT2D eigenvalue weighted by Gasteiger charge is -2.49. The number of oxime groups is 1. The number of esters is 1. The normalized spacial score (nSPS) is 19.3. The van der Waals surface area contributed by atoms with E-state index in [-0.39, 0.29) is 34.8 Å². The van der Waals surface area contributed by atoms with Gasteiger partial charge in [0.15, 0.2) is 10.8 Å². The highest BCUT2D eigenvalue weighted by molar-refractivity contribution is 8.00. The Morgan fingerprint density at radius 1 is 1.29 bits per heavy atom. The number of nitrogens with two attached hydrogens (primary N) is 1. The molecule has 2 aromatic heterocycles. The Hall–Kier alpha value is -4.44. The molecule has 0 spiro atoms. The Bertz CT molecular complexity index is 1440. The Labute approximate surface area is 248 Å². The van der Waals surface area contributed by atoms with Crippen molar-refractivity contribution >= 4 is 64.0 Å². The molecule has 4 rings (SSSR count). The Morgan fingerprint density at radius 2 is 2.07 bits per heavy atom. The second kappa shape index (κ2) is 13.5. The van der Waals surface area contributed by atoms with Crippen LogP contribution in [0.5, 0.6) is 0 Å². The molecule has 1 unspecified atom stereocenters. The van der Waals surface area contributed by atoms with Gasteiger partial charge in [-0.15, -0.1) is 23.1 Å². The molecule has 0 aliphatic carbocycles. The summed E-state index contributed by atoms with van der Waals surface area (Å²) in [6.45, 7) is 5.18. The van der Waals surface area contributed by atoms with Crippen LogP contribution in [0.25, 0.3) is 6.08 Å². The zero-order valence-electron chi connectivity index (χ0n) is 22.8. The van der Waals surface area contributed by atoms with Gasteiger partial charge in [-0.3, -0.25) is 19.5 Å². The second-order valence-corrected chi connectivity index (χ2v) is 11.4. The van der Waals surface area contributed by atoms with Gasteiger partial charge in [-0.2, -0.15) is 0 Å². The molecule has 3 atom stereocenters. The molecule has 0 aromatic carbocycles. The van der Waals surface area contributed by atoms with E-state index in [1.807, 2.05) is 19.9 Å². The monoisotopic (exact) mass is 616 g/mol. The van der Waals surface area contributed by atoms with Crippen LogP contribution in [0, 0.1) is 5.92 Å². The van der Waals surface area contributed by atoms with Crippen molar-refractivity contribution in [2.45, 2.75) is 38.5 Å². The SMILES string of the molecule is CC(C)COC(=O)OC(C)OC(=O)C1=C(/C=C\c2cccnc2)CS[C@H]2[C@H](NC(=O)C(=NO)c3csc(N)n3)C(=O)N12. The lowest BCUT2D eigenvalue weighted by atomic mass is 10.0. The molecule has 2 amide bonds. The molecule has 1 saturated heterocycles. The van der Waals surface area contributed by atoms with E-state index in [1.54, 1.807) is 30.6 Å². The molecule has 2 aliphatic rings. The average Bonchev–Trinajstić information content (AvgIpc) is 3.39. The summed E-state index contributed by atoms with van der Waals surface area (Å²) in [5, 5.41) is 15.9. The smallest absolute Gasteiger partial charge is 0.434 e. The standard InChI is InChI=1S/C26H28N6O8S2/c1-13(2)10-38-26(36)40-14(3)39-24(35)20-16(7-6-15-5-4-8-28-9-15)11-41-23-19(22(34)32(20)23)30-21(33)18(31-37)17-12-42-25(27)29-17/h4-9,12-14,19,23,37H,10-11H2,1-3H3,(H2,27,29)(H,30,33)/b7-6-,31-18?/t14?,19-,23+/m1/s1. The number of hydrogen-bond acceptors (Lipinski definition) is 14. The van der Waals surface area contributed by atoms with Crippen LogP contribution in [-0.4, -0.2) is 79.8 Å². The Balaban J connectivity index is 1.53. The fourth-order valence-corrected chi connectivity index (χ4v) is 5.75.